The van der Waals surface area contributed by atoms with Crippen molar-refractivity contribution < 1.29 is 39.8 Å². The average molecular weight is 912 g/mol. The number of aliphatic hydroxyl groups excluding tert-OH is 5. The summed E-state index contributed by atoms with van der Waals surface area (Å²) in [5.41, 5.74) is 0. The number of unbranched alkanes of at least 4 members (excludes halogenated alkanes) is 21. The number of hydrogen-bond donors (Lipinski definition) is 6. The van der Waals surface area contributed by atoms with E-state index in [2.05, 4.69) is 92.1 Å². The number of carbonyl (C=O) groups is 1. The standard InChI is InChI=1S/C56H97NO8/c1-3-5-7-9-11-13-15-17-19-20-21-22-23-24-25-26-27-28-29-30-32-34-36-38-40-42-44-46-52(60)57-49(48-64-56-55(63)54(62)53(61)51(47-58)65-56)50(59)45-43-41-39-37-35-33-31-18-16-14-12-10-8-6-4-2/h5,7,11,13,16-19,21-22,35,37,43,45,49-51,53-56,58-59,61-63H,3-4,6,8-10,12,14-15,20,23-34,36,38-42,44,46-48H2,1-2H3,(H,57,60)/b7-5-,13-11-,18-16+,19-17-,22-21-,37-35+,45-43+. The van der Waals surface area contributed by atoms with Gasteiger partial charge in [0.2, 0.25) is 5.91 Å². The van der Waals surface area contributed by atoms with Crippen LogP contribution in [0.5, 0.6) is 0 Å². The molecule has 0 spiro atoms. The highest BCUT2D eigenvalue weighted by Crippen LogP contribution is 2.22. The van der Waals surface area contributed by atoms with Crippen LogP contribution < -0.4 is 5.32 Å². The molecule has 1 heterocycles. The minimum Gasteiger partial charge on any atom is -0.394 e. The van der Waals surface area contributed by atoms with Gasteiger partial charge in [-0.15, -0.1) is 0 Å². The average Bonchev–Trinajstić information content (AvgIpc) is 3.31. The Morgan fingerprint density at radius 2 is 0.969 bits per heavy atom. The highest BCUT2D eigenvalue weighted by Gasteiger charge is 2.44. The Morgan fingerprint density at radius 3 is 1.48 bits per heavy atom. The first-order valence-electron chi connectivity index (χ1n) is 26.3. The van der Waals surface area contributed by atoms with Crippen LogP contribution in [0.25, 0.3) is 0 Å². The minimum atomic E-state index is -1.58. The Hall–Kier alpha value is -2.63. The quantitative estimate of drug-likeness (QED) is 0.0262. The molecule has 1 aliphatic heterocycles. The van der Waals surface area contributed by atoms with E-state index in [1.54, 1.807) is 6.08 Å². The van der Waals surface area contributed by atoms with Crippen molar-refractivity contribution >= 4 is 5.91 Å². The molecule has 6 N–H and O–H groups in total. The van der Waals surface area contributed by atoms with Crippen molar-refractivity contribution in [3.63, 3.8) is 0 Å². The molecule has 0 radical (unpaired) electrons. The summed E-state index contributed by atoms with van der Waals surface area (Å²) < 4.78 is 11.2. The van der Waals surface area contributed by atoms with E-state index in [-0.39, 0.29) is 12.5 Å². The zero-order chi connectivity index (χ0) is 47.3. The van der Waals surface area contributed by atoms with Gasteiger partial charge in [-0.05, 0) is 83.5 Å². The van der Waals surface area contributed by atoms with Gasteiger partial charge in [0.1, 0.15) is 24.4 Å². The number of hydrogen-bond acceptors (Lipinski definition) is 8. The molecule has 9 nitrogen and oxygen atoms in total. The number of amides is 1. The number of aliphatic hydroxyl groups is 5. The normalized spacial score (nSPS) is 20.6. The third-order valence-electron chi connectivity index (χ3n) is 11.9. The molecule has 65 heavy (non-hydrogen) atoms. The van der Waals surface area contributed by atoms with Crippen LogP contribution in [0.3, 0.4) is 0 Å². The molecule has 1 fully saturated rings. The van der Waals surface area contributed by atoms with Crippen LogP contribution in [-0.2, 0) is 14.3 Å². The molecule has 0 aromatic carbocycles. The predicted molar refractivity (Wildman–Crippen MR) is 271 cm³/mol. The number of nitrogens with one attached hydrogen (secondary N) is 1. The fourth-order valence-electron chi connectivity index (χ4n) is 7.77. The monoisotopic (exact) mass is 912 g/mol. The van der Waals surface area contributed by atoms with E-state index < -0.39 is 49.5 Å². The van der Waals surface area contributed by atoms with E-state index in [1.165, 1.54) is 109 Å². The first-order valence-corrected chi connectivity index (χ1v) is 26.3. The summed E-state index contributed by atoms with van der Waals surface area (Å²) >= 11 is 0. The second-order valence-electron chi connectivity index (χ2n) is 17.9. The molecule has 0 aromatic rings. The van der Waals surface area contributed by atoms with E-state index in [4.69, 9.17) is 9.47 Å². The summed E-state index contributed by atoms with van der Waals surface area (Å²) in [5.74, 6) is -0.195. The third kappa shape index (κ3) is 35.2. The van der Waals surface area contributed by atoms with E-state index >= 15 is 0 Å². The van der Waals surface area contributed by atoms with Crippen molar-refractivity contribution in [3.05, 3.63) is 85.1 Å². The fourth-order valence-corrected chi connectivity index (χ4v) is 7.77. The smallest absolute Gasteiger partial charge is 0.220 e. The predicted octanol–water partition coefficient (Wildman–Crippen LogP) is 12.3. The molecule has 1 aliphatic rings. The van der Waals surface area contributed by atoms with Gasteiger partial charge in [-0.25, -0.2) is 0 Å². The molecule has 1 rings (SSSR count). The van der Waals surface area contributed by atoms with Gasteiger partial charge in [-0.2, -0.15) is 0 Å². The maximum atomic E-state index is 13.0. The molecule has 0 aromatic heterocycles. The molecule has 0 aliphatic carbocycles. The van der Waals surface area contributed by atoms with Crippen LogP contribution in [-0.4, -0.2) is 87.5 Å². The summed E-state index contributed by atoms with van der Waals surface area (Å²) in [6.45, 7) is 3.62. The molecule has 7 atom stereocenters. The van der Waals surface area contributed by atoms with Gasteiger partial charge in [0.05, 0.1) is 25.4 Å². The van der Waals surface area contributed by atoms with Crippen molar-refractivity contribution in [2.75, 3.05) is 13.2 Å². The van der Waals surface area contributed by atoms with Crippen LogP contribution in [0.15, 0.2) is 85.1 Å². The van der Waals surface area contributed by atoms with Gasteiger partial charge in [0, 0.05) is 6.42 Å². The summed E-state index contributed by atoms with van der Waals surface area (Å²) in [6, 6.07) is -0.832. The summed E-state index contributed by atoms with van der Waals surface area (Å²) in [6.07, 6.45) is 56.4. The molecule has 1 saturated heterocycles. The number of allylic oxidation sites excluding steroid dienone is 13. The first-order chi connectivity index (χ1) is 31.8. The van der Waals surface area contributed by atoms with Crippen LogP contribution in [0.1, 0.15) is 206 Å². The Labute approximate surface area is 397 Å². The van der Waals surface area contributed by atoms with Gasteiger partial charge >= 0.3 is 0 Å². The van der Waals surface area contributed by atoms with Gasteiger partial charge in [0.25, 0.3) is 0 Å². The molecule has 374 valence electrons. The minimum absolute atomic E-state index is 0.195. The Kier molecular flexibility index (Phi) is 42.0. The lowest BCUT2D eigenvalue weighted by Gasteiger charge is -2.40. The van der Waals surface area contributed by atoms with Gasteiger partial charge < -0.3 is 40.3 Å². The molecule has 1 amide bonds. The maximum absolute atomic E-state index is 13.0. The molecular formula is C56H97NO8. The number of carbonyl (C=O) groups excluding carboxylic acids is 1. The Bertz CT molecular complexity index is 1290. The fraction of sp³-hybridized carbons (Fsp3) is 0.732. The molecule has 0 saturated carbocycles. The second-order valence-corrected chi connectivity index (χ2v) is 17.9. The van der Waals surface area contributed by atoms with E-state index in [0.29, 0.717) is 6.42 Å². The zero-order valence-electron chi connectivity index (χ0n) is 41.2. The molecular weight excluding hydrogens is 815 g/mol. The van der Waals surface area contributed by atoms with Crippen LogP contribution in [0.4, 0.5) is 0 Å². The lowest BCUT2D eigenvalue weighted by atomic mass is 9.99. The number of rotatable bonds is 43. The zero-order valence-corrected chi connectivity index (χ0v) is 41.2. The SMILES string of the molecule is CC/C=C\C/C=C\C/C=C\C/C=C\CCCCCCCCCCCCCCCCC(=O)NC(COC1OC(CO)C(O)C(O)C1O)C(O)/C=C/CC/C=C/CC/C=C/CCCCCCC. The molecule has 9 heteroatoms. The van der Waals surface area contributed by atoms with Gasteiger partial charge in [-0.1, -0.05) is 202 Å². The van der Waals surface area contributed by atoms with Crippen LogP contribution in [0, 0.1) is 0 Å². The van der Waals surface area contributed by atoms with Crippen molar-refractivity contribution in [2.24, 2.45) is 0 Å². The summed E-state index contributed by atoms with van der Waals surface area (Å²) in [5, 5.41) is 54.3. The van der Waals surface area contributed by atoms with E-state index in [1.807, 2.05) is 6.08 Å². The van der Waals surface area contributed by atoms with Gasteiger partial charge in [0.15, 0.2) is 6.29 Å². The maximum Gasteiger partial charge on any atom is 0.220 e. The third-order valence-corrected chi connectivity index (χ3v) is 11.9. The Balaban J connectivity index is 2.25. The lowest BCUT2D eigenvalue weighted by molar-refractivity contribution is -0.302. The van der Waals surface area contributed by atoms with Crippen molar-refractivity contribution in [3.8, 4) is 0 Å². The summed E-state index contributed by atoms with van der Waals surface area (Å²) in [7, 11) is 0. The summed E-state index contributed by atoms with van der Waals surface area (Å²) in [4.78, 5) is 13.0. The van der Waals surface area contributed by atoms with Gasteiger partial charge in [-0.3, -0.25) is 4.79 Å². The van der Waals surface area contributed by atoms with E-state index in [0.717, 1.165) is 77.0 Å². The van der Waals surface area contributed by atoms with Crippen molar-refractivity contribution in [1.29, 1.82) is 0 Å². The highest BCUT2D eigenvalue weighted by atomic mass is 16.7. The molecule has 0 bridgehead atoms. The van der Waals surface area contributed by atoms with Crippen molar-refractivity contribution in [2.45, 2.75) is 249 Å². The first kappa shape index (κ1) is 60.4. The lowest BCUT2D eigenvalue weighted by Crippen LogP contribution is -2.60. The topological polar surface area (TPSA) is 149 Å². The van der Waals surface area contributed by atoms with E-state index in [9.17, 15) is 30.3 Å². The number of ether oxygens (including phenoxy) is 2. The van der Waals surface area contributed by atoms with Crippen LogP contribution >= 0.6 is 0 Å². The molecule has 7 unspecified atom stereocenters. The largest absolute Gasteiger partial charge is 0.394 e. The second kappa shape index (κ2) is 45.2. The highest BCUT2D eigenvalue weighted by molar-refractivity contribution is 5.76. The van der Waals surface area contributed by atoms with Crippen LogP contribution in [0.2, 0.25) is 0 Å². The van der Waals surface area contributed by atoms with Crippen molar-refractivity contribution in [1.82, 2.24) is 5.32 Å². The Morgan fingerprint density at radius 1 is 0.538 bits per heavy atom.